The van der Waals surface area contributed by atoms with Gasteiger partial charge in [-0.15, -0.1) is 0 Å². The first kappa shape index (κ1) is 12.8. The van der Waals surface area contributed by atoms with Gasteiger partial charge in [-0.25, -0.2) is 4.79 Å². The molecule has 0 spiro atoms. The van der Waals surface area contributed by atoms with Crippen molar-refractivity contribution in [1.82, 2.24) is 0 Å². The number of carbonyl (C=O) groups excluding carboxylic acids is 1. The molecule has 0 N–H and O–H groups in total. The van der Waals surface area contributed by atoms with Gasteiger partial charge in [0.1, 0.15) is 5.60 Å². The summed E-state index contributed by atoms with van der Waals surface area (Å²) in [7, 11) is 0. The SMILES string of the molecule is C=C(C(=O)OC(C)(C)C)c1ccccc1Cl. The molecule has 16 heavy (non-hydrogen) atoms. The van der Waals surface area contributed by atoms with E-state index in [0.717, 1.165) is 0 Å². The van der Waals surface area contributed by atoms with Gasteiger partial charge in [0, 0.05) is 10.6 Å². The Morgan fingerprint density at radius 3 is 2.38 bits per heavy atom. The number of ether oxygens (including phenoxy) is 1. The van der Waals surface area contributed by atoms with Crippen LogP contribution in [-0.2, 0) is 9.53 Å². The van der Waals surface area contributed by atoms with Crippen molar-refractivity contribution < 1.29 is 9.53 Å². The summed E-state index contributed by atoms with van der Waals surface area (Å²) in [5.41, 5.74) is 0.361. The fraction of sp³-hybridized carbons (Fsp3) is 0.308. The predicted octanol–water partition coefficient (Wildman–Crippen LogP) is 3.69. The van der Waals surface area contributed by atoms with Crippen LogP contribution in [0.4, 0.5) is 0 Å². The van der Waals surface area contributed by atoms with Crippen molar-refractivity contribution in [2.24, 2.45) is 0 Å². The second-order valence-corrected chi connectivity index (χ2v) is 4.87. The number of hydrogen-bond acceptors (Lipinski definition) is 2. The first-order valence-corrected chi connectivity index (χ1v) is 5.36. The Kier molecular flexibility index (Phi) is 3.76. The molecule has 3 heteroatoms. The summed E-state index contributed by atoms with van der Waals surface area (Å²) in [4.78, 5) is 11.7. The highest BCUT2D eigenvalue weighted by Gasteiger charge is 2.20. The summed E-state index contributed by atoms with van der Waals surface area (Å²) < 4.78 is 5.21. The van der Waals surface area contributed by atoms with Crippen LogP contribution in [0, 0.1) is 0 Å². The third kappa shape index (κ3) is 3.38. The number of halogens is 1. The standard InChI is InChI=1S/C13H15ClO2/c1-9(12(15)16-13(2,3)4)10-7-5-6-8-11(10)14/h5-8H,1H2,2-4H3. The van der Waals surface area contributed by atoms with E-state index in [1.165, 1.54) is 0 Å². The van der Waals surface area contributed by atoms with Crippen LogP contribution in [-0.4, -0.2) is 11.6 Å². The highest BCUT2D eigenvalue weighted by molar-refractivity contribution is 6.34. The Morgan fingerprint density at radius 2 is 1.88 bits per heavy atom. The molecule has 0 aliphatic heterocycles. The summed E-state index contributed by atoms with van der Waals surface area (Å²) in [5, 5.41) is 0.498. The summed E-state index contributed by atoms with van der Waals surface area (Å²) in [6.45, 7) is 9.14. The van der Waals surface area contributed by atoms with Crippen LogP contribution in [0.25, 0.3) is 5.57 Å². The molecule has 0 unspecified atom stereocenters. The monoisotopic (exact) mass is 238 g/mol. The van der Waals surface area contributed by atoms with E-state index in [9.17, 15) is 4.79 Å². The molecule has 1 aromatic rings. The van der Waals surface area contributed by atoms with E-state index in [0.29, 0.717) is 10.6 Å². The zero-order chi connectivity index (χ0) is 12.3. The number of benzene rings is 1. The molecule has 1 aromatic carbocycles. The Hall–Kier alpha value is -1.28. The second-order valence-electron chi connectivity index (χ2n) is 4.46. The summed E-state index contributed by atoms with van der Waals surface area (Å²) in [6, 6.07) is 7.06. The predicted molar refractivity (Wildman–Crippen MR) is 66.3 cm³/mol. The first-order valence-electron chi connectivity index (χ1n) is 4.98. The van der Waals surface area contributed by atoms with E-state index in [-0.39, 0.29) is 5.57 Å². The number of esters is 1. The zero-order valence-corrected chi connectivity index (χ0v) is 10.5. The first-order chi connectivity index (χ1) is 7.31. The van der Waals surface area contributed by atoms with Gasteiger partial charge in [0.05, 0.1) is 5.57 Å². The molecule has 0 fully saturated rings. The Bertz CT molecular complexity index is 416. The quantitative estimate of drug-likeness (QED) is 0.580. The van der Waals surface area contributed by atoms with Crippen LogP contribution < -0.4 is 0 Å². The summed E-state index contributed by atoms with van der Waals surface area (Å²) in [6.07, 6.45) is 0. The minimum absolute atomic E-state index is 0.278. The average Bonchev–Trinajstić information content (AvgIpc) is 2.15. The lowest BCUT2D eigenvalue weighted by Gasteiger charge is -2.20. The Morgan fingerprint density at radius 1 is 1.31 bits per heavy atom. The smallest absolute Gasteiger partial charge is 0.338 e. The normalized spacial score (nSPS) is 11.0. The molecule has 0 atom stereocenters. The summed E-state index contributed by atoms with van der Waals surface area (Å²) in [5.74, 6) is -0.444. The van der Waals surface area contributed by atoms with Gasteiger partial charge in [0.2, 0.25) is 0 Å². The summed E-state index contributed by atoms with van der Waals surface area (Å²) >= 11 is 5.97. The fourth-order valence-electron chi connectivity index (χ4n) is 1.16. The molecule has 0 bridgehead atoms. The molecule has 0 aromatic heterocycles. The van der Waals surface area contributed by atoms with Crippen LogP contribution in [0.2, 0.25) is 5.02 Å². The third-order valence-corrected chi connectivity index (χ3v) is 2.17. The molecular weight excluding hydrogens is 224 g/mol. The van der Waals surface area contributed by atoms with Crippen molar-refractivity contribution in [1.29, 1.82) is 0 Å². The van der Waals surface area contributed by atoms with Crippen LogP contribution in [0.5, 0.6) is 0 Å². The van der Waals surface area contributed by atoms with Gasteiger partial charge in [-0.1, -0.05) is 36.4 Å². The molecular formula is C13H15ClO2. The van der Waals surface area contributed by atoms with Crippen LogP contribution in [0.15, 0.2) is 30.8 Å². The molecule has 0 saturated heterocycles. The highest BCUT2D eigenvalue weighted by atomic mass is 35.5. The van der Waals surface area contributed by atoms with Gasteiger partial charge >= 0.3 is 5.97 Å². The third-order valence-electron chi connectivity index (χ3n) is 1.84. The van der Waals surface area contributed by atoms with E-state index in [1.54, 1.807) is 24.3 Å². The van der Waals surface area contributed by atoms with Gasteiger partial charge in [0.25, 0.3) is 0 Å². The Labute approximate surface area is 101 Å². The molecule has 0 amide bonds. The van der Waals surface area contributed by atoms with Crippen molar-refractivity contribution in [3.63, 3.8) is 0 Å². The van der Waals surface area contributed by atoms with E-state index in [1.807, 2.05) is 20.8 Å². The molecule has 0 radical (unpaired) electrons. The van der Waals surface area contributed by atoms with E-state index in [2.05, 4.69) is 6.58 Å². The van der Waals surface area contributed by atoms with Crippen molar-refractivity contribution in [3.8, 4) is 0 Å². The average molecular weight is 239 g/mol. The molecule has 86 valence electrons. The molecule has 2 nitrogen and oxygen atoms in total. The molecule has 0 saturated carbocycles. The van der Waals surface area contributed by atoms with Crippen LogP contribution in [0.1, 0.15) is 26.3 Å². The Balaban J connectivity index is 2.88. The lowest BCUT2D eigenvalue weighted by Crippen LogP contribution is -2.24. The van der Waals surface area contributed by atoms with Crippen molar-refractivity contribution in [2.45, 2.75) is 26.4 Å². The highest BCUT2D eigenvalue weighted by Crippen LogP contribution is 2.24. The number of hydrogen-bond donors (Lipinski definition) is 0. The van der Waals surface area contributed by atoms with E-state index in [4.69, 9.17) is 16.3 Å². The lowest BCUT2D eigenvalue weighted by molar-refractivity contribution is -0.147. The largest absolute Gasteiger partial charge is 0.456 e. The van der Waals surface area contributed by atoms with E-state index >= 15 is 0 Å². The van der Waals surface area contributed by atoms with Crippen LogP contribution in [0.3, 0.4) is 0 Å². The topological polar surface area (TPSA) is 26.3 Å². The van der Waals surface area contributed by atoms with Gasteiger partial charge in [-0.05, 0) is 26.8 Å². The van der Waals surface area contributed by atoms with Crippen molar-refractivity contribution in [3.05, 3.63) is 41.4 Å². The van der Waals surface area contributed by atoms with Crippen molar-refractivity contribution in [2.75, 3.05) is 0 Å². The number of carbonyl (C=O) groups is 1. The second kappa shape index (κ2) is 4.71. The minimum atomic E-state index is -0.527. The fourth-order valence-corrected chi connectivity index (χ4v) is 1.41. The minimum Gasteiger partial charge on any atom is -0.456 e. The lowest BCUT2D eigenvalue weighted by atomic mass is 10.1. The molecule has 1 rings (SSSR count). The molecule has 0 aliphatic rings. The maximum atomic E-state index is 11.7. The van der Waals surface area contributed by atoms with Gasteiger partial charge in [-0.2, -0.15) is 0 Å². The van der Waals surface area contributed by atoms with Gasteiger partial charge in [-0.3, -0.25) is 0 Å². The maximum Gasteiger partial charge on any atom is 0.338 e. The molecule has 0 aliphatic carbocycles. The maximum absolute atomic E-state index is 11.7. The van der Waals surface area contributed by atoms with Gasteiger partial charge in [0.15, 0.2) is 0 Å². The van der Waals surface area contributed by atoms with Crippen LogP contribution >= 0.6 is 11.6 Å². The van der Waals surface area contributed by atoms with E-state index < -0.39 is 11.6 Å². The van der Waals surface area contributed by atoms with Gasteiger partial charge < -0.3 is 4.74 Å². The van der Waals surface area contributed by atoms with Crippen molar-refractivity contribution >= 4 is 23.1 Å². The molecule has 0 heterocycles. The number of rotatable bonds is 2. The zero-order valence-electron chi connectivity index (χ0n) is 9.71.